The van der Waals surface area contributed by atoms with Gasteiger partial charge in [0.2, 0.25) is 0 Å². The number of thiophene rings is 1. The highest BCUT2D eigenvalue weighted by Crippen LogP contribution is 2.44. The van der Waals surface area contributed by atoms with Crippen molar-refractivity contribution in [1.82, 2.24) is 19.5 Å². The Kier molecular flexibility index (Phi) is 8.36. The SMILES string of the molecule is c1ccc(-c2cc(-c3ccccc3)cc(-c3nc(-c4ccccc4)nc(-c4cccc5c4sc4cc(-n6c7ccc8ccccc8c7c7ccc8ccccc8c76)ccc45)n3)c2)cc1. The van der Waals surface area contributed by atoms with Crippen molar-refractivity contribution in [2.24, 2.45) is 0 Å². The van der Waals surface area contributed by atoms with Crippen molar-refractivity contribution >= 4 is 74.9 Å². The van der Waals surface area contributed by atoms with Gasteiger partial charge in [-0.05, 0) is 80.9 Å². The molecule has 0 saturated heterocycles. The first kappa shape index (κ1) is 36.4. The summed E-state index contributed by atoms with van der Waals surface area (Å²) in [6.07, 6.45) is 0. The maximum Gasteiger partial charge on any atom is 0.165 e. The maximum absolute atomic E-state index is 5.35. The van der Waals surface area contributed by atoms with Gasteiger partial charge in [0.15, 0.2) is 17.5 Å². The van der Waals surface area contributed by atoms with Crippen molar-refractivity contribution in [3.63, 3.8) is 0 Å². The molecule has 64 heavy (non-hydrogen) atoms. The summed E-state index contributed by atoms with van der Waals surface area (Å²) in [6, 6.07) is 78.0. The molecule has 3 aromatic heterocycles. The Labute approximate surface area is 373 Å². The van der Waals surface area contributed by atoms with E-state index in [2.05, 4.69) is 205 Å². The van der Waals surface area contributed by atoms with Crippen LogP contribution in [0.1, 0.15) is 0 Å². The third-order valence-corrected chi connectivity index (χ3v) is 13.8. The van der Waals surface area contributed by atoms with Gasteiger partial charge in [-0.3, -0.25) is 0 Å². The molecule has 298 valence electrons. The van der Waals surface area contributed by atoms with Crippen molar-refractivity contribution in [1.29, 1.82) is 0 Å². The molecule has 3 heterocycles. The van der Waals surface area contributed by atoms with Gasteiger partial charge >= 0.3 is 0 Å². The smallest absolute Gasteiger partial charge is 0.165 e. The zero-order valence-corrected chi connectivity index (χ0v) is 35.3. The summed E-state index contributed by atoms with van der Waals surface area (Å²) < 4.78 is 4.83. The number of aromatic nitrogens is 4. The minimum absolute atomic E-state index is 0.630. The third kappa shape index (κ3) is 5.93. The van der Waals surface area contributed by atoms with Crippen molar-refractivity contribution < 1.29 is 0 Å². The fraction of sp³-hybridized carbons (Fsp3) is 0. The van der Waals surface area contributed by atoms with Crippen molar-refractivity contribution in [2.75, 3.05) is 0 Å². The van der Waals surface area contributed by atoms with Gasteiger partial charge in [-0.15, -0.1) is 11.3 Å². The van der Waals surface area contributed by atoms with Crippen LogP contribution < -0.4 is 0 Å². The first-order valence-corrected chi connectivity index (χ1v) is 22.4. The average molecular weight is 833 g/mol. The van der Waals surface area contributed by atoms with Crippen LogP contribution in [-0.4, -0.2) is 19.5 Å². The molecule has 4 nitrogen and oxygen atoms in total. The Morgan fingerprint density at radius 3 is 1.61 bits per heavy atom. The molecule has 10 aromatic carbocycles. The lowest BCUT2D eigenvalue weighted by Crippen LogP contribution is -2.00. The fourth-order valence-electron chi connectivity index (χ4n) is 9.61. The summed E-state index contributed by atoms with van der Waals surface area (Å²) in [5.74, 6) is 1.91. The lowest BCUT2D eigenvalue weighted by atomic mass is 9.96. The quantitative estimate of drug-likeness (QED) is 0.168. The van der Waals surface area contributed by atoms with Crippen molar-refractivity contribution in [3.05, 3.63) is 218 Å². The van der Waals surface area contributed by atoms with Gasteiger partial charge in [0.25, 0.3) is 0 Å². The summed E-state index contributed by atoms with van der Waals surface area (Å²) in [5, 5.41) is 9.91. The number of benzene rings is 10. The zero-order valence-electron chi connectivity index (χ0n) is 34.5. The minimum Gasteiger partial charge on any atom is -0.309 e. The molecule has 0 fully saturated rings. The predicted octanol–water partition coefficient (Wildman–Crippen LogP) is 16.0. The van der Waals surface area contributed by atoms with Gasteiger partial charge in [0.1, 0.15) is 0 Å². The molecule has 0 amide bonds. The number of fused-ring (bicyclic) bond motifs is 10. The number of rotatable bonds is 6. The van der Waals surface area contributed by atoms with Gasteiger partial charge < -0.3 is 4.57 Å². The molecule has 0 N–H and O–H groups in total. The normalized spacial score (nSPS) is 11.8. The van der Waals surface area contributed by atoms with E-state index in [4.69, 9.17) is 15.0 Å². The van der Waals surface area contributed by atoms with Gasteiger partial charge in [-0.25, -0.2) is 15.0 Å². The van der Waals surface area contributed by atoms with Crippen LogP contribution in [0.3, 0.4) is 0 Å². The van der Waals surface area contributed by atoms with E-state index in [0.29, 0.717) is 17.5 Å². The summed E-state index contributed by atoms with van der Waals surface area (Å²) in [6.45, 7) is 0. The van der Waals surface area contributed by atoms with Crippen LogP contribution in [0.15, 0.2) is 218 Å². The summed E-state index contributed by atoms with van der Waals surface area (Å²) in [4.78, 5) is 15.8. The molecular weight excluding hydrogens is 797 g/mol. The molecular formula is C59H36N4S. The second kappa shape index (κ2) is 14.7. The summed E-state index contributed by atoms with van der Waals surface area (Å²) in [7, 11) is 0. The van der Waals surface area contributed by atoms with E-state index < -0.39 is 0 Å². The molecule has 13 aromatic rings. The zero-order chi connectivity index (χ0) is 42.1. The number of nitrogens with zero attached hydrogens (tertiary/aromatic N) is 4. The third-order valence-electron chi connectivity index (χ3n) is 12.6. The minimum atomic E-state index is 0.630. The van der Waals surface area contributed by atoms with Crippen LogP contribution in [0.2, 0.25) is 0 Å². The molecule has 0 atom stereocenters. The Hall–Kier alpha value is -8.25. The van der Waals surface area contributed by atoms with Crippen LogP contribution in [0, 0.1) is 0 Å². The Morgan fingerprint density at radius 2 is 0.891 bits per heavy atom. The number of hydrogen-bond acceptors (Lipinski definition) is 4. The monoisotopic (exact) mass is 832 g/mol. The summed E-state index contributed by atoms with van der Waals surface area (Å²) >= 11 is 1.80. The molecule has 0 spiro atoms. The molecule has 0 bridgehead atoms. The molecule has 5 heteroatoms. The van der Waals surface area contributed by atoms with E-state index in [1.54, 1.807) is 11.3 Å². The maximum atomic E-state index is 5.35. The topological polar surface area (TPSA) is 43.6 Å². The summed E-state index contributed by atoms with van der Waals surface area (Å²) in [5.41, 5.74) is 10.9. The van der Waals surface area contributed by atoms with Gasteiger partial charge in [-0.2, -0.15) is 0 Å². The Bertz CT molecular complexity index is 3890. The molecule has 0 aliphatic carbocycles. The highest BCUT2D eigenvalue weighted by Gasteiger charge is 2.21. The second-order valence-corrected chi connectivity index (χ2v) is 17.4. The van der Waals surface area contributed by atoms with Crippen LogP contribution >= 0.6 is 11.3 Å². The average Bonchev–Trinajstić information content (AvgIpc) is 3.93. The molecule has 13 rings (SSSR count). The Morgan fingerprint density at radius 1 is 0.344 bits per heavy atom. The number of hydrogen-bond donors (Lipinski definition) is 0. The molecule has 0 unspecified atom stereocenters. The van der Waals surface area contributed by atoms with Crippen molar-refractivity contribution in [2.45, 2.75) is 0 Å². The van der Waals surface area contributed by atoms with Gasteiger partial charge in [0.05, 0.1) is 11.0 Å². The molecule has 0 aliphatic rings. The van der Waals surface area contributed by atoms with Gasteiger partial charge in [-0.1, -0.05) is 176 Å². The molecule has 0 radical (unpaired) electrons. The highest BCUT2D eigenvalue weighted by molar-refractivity contribution is 7.26. The first-order chi connectivity index (χ1) is 31.7. The van der Waals surface area contributed by atoms with Crippen molar-refractivity contribution in [3.8, 4) is 62.1 Å². The first-order valence-electron chi connectivity index (χ1n) is 21.6. The standard InChI is InChI=1S/C59H36N4S/c1-4-15-37(16-5-1)42-33-43(38-17-6-2-7-18-38)35-44(34-42)58-60-57(41-21-8-3-9-22-41)61-59(62-58)51-26-14-25-49-48-31-29-45(36-53(48)64-56(49)51)63-52-32-28-39-19-10-12-23-46(39)54(52)50-30-27-40-20-11-13-24-47(40)55(50)63/h1-36H. The second-order valence-electron chi connectivity index (χ2n) is 16.4. The predicted molar refractivity (Wildman–Crippen MR) is 269 cm³/mol. The van der Waals surface area contributed by atoms with Crippen LogP contribution in [0.5, 0.6) is 0 Å². The van der Waals surface area contributed by atoms with E-state index in [1.807, 2.05) is 18.2 Å². The van der Waals surface area contributed by atoms with Crippen LogP contribution in [0.4, 0.5) is 0 Å². The molecule has 0 saturated carbocycles. The van der Waals surface area contributed by atoms with E-state index in [-0.39, 0.29) is 0 Å². The highest BCUT2D eigenvalue weighted by atomic mass is 32.1. The van der Waals surface area contributed by atoms with Crippen LogP contribution in [0.25, 0.3) is 126 Å². The van der Waals surface area contributed by atoms with E-state index in [0.717, 1.165) is 49.3 Å². The van der Waals surface area contributed by atoms with Crippen LogP contribution in [-0.2, 0) is 0 Å². The fourth-order valence-corrected chi connectivity index (χ4v) is 10.9. The lowest BCUT2D eigenvalue weighted by molar-refractivity contribution is 1.08. The largest absolute Gasteiger partial charge is 0.309 e. The van der Waals surface area contributed by atoms with Gasteiger partial charge in [0, 0.05) is 58.7 Å². The Balaban J connectivity index is 1.02. The molecule has 0 aliphatic heterocycles. The van der Waals surface area contributed by atoms with E-state index in [1.165, 1.54) is 58.8 Å². The van der Waals surface area contributed by atoms with E-state index in [9.17, 15) is 0 Å². The van der Waals surface area contributed by atoms with E-state index >= 15 is 0 Å². The lowest BCUT2D eigenvalue weighted by Gasteiger charge is -2.12.